The van der Waals surface area contributed by atoms with E-state index in [4.69, 9.17) is 0 Å². The van der Waals surface area contributed by atoms with Crippen molar-refractivity contribution in [2.45, 2.75) is 17.7 Å². The molecule has 2 rings (SSSR count). The van der Waals surface area contributed by atoms with Crippen molar-refractivity contribution in [3.63, 3.8) is 0 Å². The molecule has 0 aliphatic heterocycles. The molecule has 0 unspecified atom stereocenters. The Morgan fingerprint density at radius 1 is 0.875 bits per heavy atom. The highest BCUT2D eigenvalue weighted by Gasteiger charge is 1.96. The predicted molar refractivity (Wildman–Crippen MR) is 69.9 cm³/mol. The summed E-state index contributed by atoms with van der Waals surface area (Å²) in [7, 11) is 0. The second-order valence-electron chi connectivity index (χ2n) is 3.70. The minimum Gasteiger partial charge on any atom is -0.265 e. The van der Waals surface area contributed by atoms with Gasteiger partial charge in [-0.2, -0.15) is 0 Å². The van der Waals surface area contributed by atoms with Gasteiger partial charge in [-0.3, -0.25) is 4.98 Å². The van der Waals surface area contributed by atoms with Gasteiger partial charge in [0.15, 0.2) is 0 Å². The summed E-state index contributed by atoms with van der Waals surface area (Å²) < 4.78 is 0. The van der Waals surface area contributed by atoms with Gasteiger partial charge < -0.3 is 0 Å². The van der Waals surface area contributed by atoms with Crippen LogP contribution < -0.4 is 0 Å². The van der Waals surface area contributed by atoms with Crippen molar-refractivity contribution in [2.75, 3.05) is 6.26 Å². The van der Waals surface area contributed by atoms with Gasteiger partial charge in [0.05, 0.1) is 0 Å². The standard InChI is InChI=1S/C14H15NS/c1-16-14-6-4-12(5-7-14)2-3-13-8-10-15-11-9-13/h4-11H,2-3H2,1H3. The molecule has 2 aromatic rings. The topological polar surface area (TPSA) is 12.9 Å². The van der Waals surface area contributed by atoms with Gasteiger partial charge in [-0.15, -0.1) is 11.8 Å². The van der Waals surface area contributed by atoms with Crippen LogP contribution in [0.1, 0.15) is 11.1 Å². The molecule has 0 spiro atoms. The van der Waals surface area contributed by atoms with Crippen LogP contribution in [0.2, 0.25) is 0 Å². The van der Waals surface area contributed by atoms with Crippen molar-refractivity contribution in [2.24, 2.45) is 0 Å². The number of aromatic nitrogens is 1. The first-order valence-corrected chi connectivity index (χ1v) is 6.63. The van der Waals surface area contributed by atoms with E-state index in [-0.39, 0.29) is 0 Å². The number of hydrogen-bond donors (Lipinski definition) is 0. The van der Waals surface area contributed by atoms with Crippen LogP contribution in [0.5, 0.6) is 0 Å². The lowest BCUT2D eigenvalue weighted by Crippen LogP contribution is -1.91. The lowest BCUT2D eigenvalue weighted by molar-refractivity contribution is 0.953. The van der Waals surface area contributed by atoms with Gasteiger partial charge in [0.25, 0.3) is 0 Å². The second kappa shape index (κ2) is 5.71. The maximum absolute atomic E-state index is 4.02. The summed E-state index contributed by atoms with van der Waals surface area (Å²) in [5.41, 5.74) is 2.75. The highest BCUT2D eigenvalue weighted by molar-refractivity contribution is 7.98. The Labute approximate surface area is 101 Å². The van der Waals surface area contributed by atoms with Crippen molar-refractivity contribution in [1.82, 2.24) is 4.98 Å². The Morgan fingerprint density at radius 2 is 1.44 bits per heavy atom. The van der Waals surface area contributed by atoms with E-state index < -0.39 is 0 Å². The molecule has 0 saturated carbocycles. The Kier molecular flexibility index (Phi) is 4.00. The molecular formula is C14H15NS. The summed E-state index contributed by atoms with van der Waals surface area (Å²) in [5, 5.41) is 0. The van der Waals surface area contributed by atoms with Crippen LogP contribution in [-0.4, -0.2) is 11.2 Å². The van der Waals surface area contributed by atoms with Crippen molar-refractivity contribution >= 4 is 11.8 Å². The molecular weight excluding hydrogens is 214 g/mol. The SMILES string of the molecule is CSc1ccc(CCc2ccncc2)cc1. The Morgan fingerprint density at radius 3 is 2.00 bits per heavy atom. The molecule has 2 heteroatoms. The molecule has 0 fully saturated rings. The third-order valence-corrected chi connectivity index (χ3v) is 3.35. The molecule has 0 aliphatic rings. The number of aryl methyl sites for hydroxylation is 2. The molecule has 0 aliphatic carbocycles. The Hall–Kier alpha value is -1.28. The van der Waals surface area contributed by atoms with Crippen LogP contribution in [0.4, 0.5) is 0 Å². The molecule has 1 heterocycles. The normalized spacial score (nSPS) is 10.3. The zero-order chi connectivity index (χ0) is 11.2. The zero-order valence-electron chi connectivity index (χ0n) is 9.39. The first kappa shape index (κ1) is 11.2. The minimum atomic E-state index is 1.08. The molecule has 1 aromatic carbocycles. The summed E-state index contributed by atoms with van der Waals surface area (Å²) in [6.07, 6.45) is 7.99. The summed E-state index contributed by atoms with van der Waals surface area (Å²) in [6.45, 7) is 0. The summed E-state index contributed by atoms with van der Waals surface area (Å²) in [5.74, 6) is 0. The number of nitrogens with zero attached hydrogens (tertiary/aromatic N) is 1. The van der Waals surface area contributed by atoms with E-state index >= 15 is 0 Å². The third kappa shape index (κ3) is 3.11. The first-order chi connectivity index (χ1) is 7.88. The van der Waals surface area contributed by atoms with Crippen molar-refractivity contribution in [1.29, 1.82) is 0 Å². The van der Waals surface area contributed by atoms with E-state index in [9.17, 15) is 0 Å². The summed E-state index contributed by atoms with van der Waals surface area (Å²) in [4.78, 5) is 5.35. The maximum Gasteiger partial charge on any atom is 0.0270 e. The molecule has 0 atom stereocenters. The summed E-state index contributed by atoms with van der Waals surface area (Å²) >= 11 is 1.78. The fraction of sp³-hybridized carbons (Fsp3) is 0.214. The molecule has 0 N–H and O–H groups in total. The average Bonchev–Trinajstić information content (AvgIpc) is 2.38. The number of pyridine rings is 1. The van der Waals surface area contributed by atoms with Crippen LogP contribution in [-0.2, 0) is 12.8 Å². The van der Waals surface area contributed by atoms with E-state index in [1.807, 2.05) is 12.4 Å². The second-order valence-corrected chi connectivity index (χ2v) is 4.58. The molecule has 0 bridgehead atoms. The van der Waals surface area contributed by atoms with Gasteiger partial charge in [0, 0.05) is 17.3 Å². The zero-order valence-corrected chi connectivity index (χ0v) is 10.2. The molecule has 1 nitrogen and oxygen atoms in total. The van der Waals surface area contributed by atoms with E-state index in [0.29, 0.717) is 0 Å². The highest BCUT2D eigenvalue weighted by atomic mass is 32.2. The predicted octanol–water partition coefficient (Wildman–Crippen LogP) is 3.59. The number of thioether (sulfide) groups is 1. The van der Waals surface area contributed by atoms with Gasteiger partial charge in [-0.1, -0.05) is 12.1 Å². The fourth-order valence-corrected chi connectivity index (χ4v) is 2.04. The van der Waals surface area contributed by atoms with Gasteiger partial charge in [-0.05, 0) is 54.5 Å². The van der Waals surface area contributed by atoms with Crippen LogP contribution in [0, 0.1) is 0 Å². The summed E-state index contributed by atoms with van der Waals surface area (Å²) in [6, 6.07) is 13.0. The largest absolute Gasteiger partial charge is 0.265 e. The smallest absolute Gasteiger partial charge is 0.0270 e. The van der Waals surface area contributed by atoms with E-state index in [1.54, 1.807) is 11.8 Å². The third-order valence-electron chi connectivity index (χ3n) is 2.61. The first-order valence-electron chi connectivity index (χ1n) is 5.40. The van der Waals surface area contributed by atoms with Crippen LogP contribution in [0.3, 0.4) is 0 Å². The molecule has 0 amide bonds. The average molecular weight is 229 g/mol. The quantitative estimate of drug-likeness (QED) is 0.743. The van der Waals surface area contributed by atoms with E-state index in [1.165, 1.54) is 16.0 Å². The maximum atomic E-state index is 4.02. The van der Waals surface area contributed by atoms with Crippen LogP contribution in [0.25, 0.3) is 0 Å². The molecule has 0 saturated heterocycles. The number of rotatable bonds is 4. The van der Waals surface area contributed by atoms with Gasteiger partial charge in [0.1, 0.15) is 0 Å². The number of hydrogen-bond acceptors (Lipinski definition) is 2. The van der Waals surface area contributed by atoms with E-state index in [0.717, 1.165) is 12.8 Å². The van der Waals surface area contributed by atoms with Crippen LogP contribution >= 0.6 is 11.8 Å². The molecule has 16 heavy (non-hydrogen) atoms. The van der Waals surface area contributed by atoms with Crippen LogP contribution in [0.15, 0.2) is 53.7 Å². The van der Waals surface area contributed by atoms with Crippen molar-refractivity contribution in [3.05, 3.63) is 59.9 Å². The highest BCUT2D eigenvalue weighted by Crippen LogP contribution is 2.15. The van der Waals surface area contributed by atoms with Gasteiger partial charge in [-0.25, -0.2) is 0 Å². The minimum absolute atomic E-state index is 1.08. The molecule has 1 aromatic heterocycles. The van der Waals surface area contributed by atoms with E-state index in [2.05, 4.69) is 47.6 Å². The Balaban J connectivity index is 1.94. The Bertz CT molecular complexity index is 422. The lowest BCUT2D eigenvalue weighted by atomic mass is 10.1. The number of benzene rings is 1. The lowest BCUT2D eigenvalue weighted by Gasteiger charge is -2.02. The van der Waals surface area contributed by atoms with Gasteiger partial charge in [0.2, 0.25) is 0 Å². The van der Waals surface area contributed by atoms with Crippen molar-refractivity contribution < 1.29 is 0 Å². The van der Waals surface area contributed by atoms with Crippen molar-refractivity contribution in [3.8, 4) is 0 Å². The van der Waals surface area contributed by atoms with Gasteiger partial charge >= 0.3 is 0 Å². The molecule has 82 valence electrons. The fourth-order valence-electron chi connectivity index (χ4n) is 1.63. The molecule has 0 radical (unpaired) electrons. The monoisotopic (exact) mass is 229 g/mol.